The number of aromatic nitrogens is 4. The van der Waals surface area contributed by atoms with Crippen molar-refractivity contribution >= 4 is 6.01 Å². The maximum atomic E-state index is 5.53. The van der Waals surface area contributed by atoms with Gasteiger partial charge in [-0.15, -0.1) is 5.10 Å². The number of ether oxygens (including phenoxy) is 1. The van der Waals surface area contributed by atoms with E-state index < -0.39 is 0 Å². The average Bonchev–Trinajstić information content (AvgIpc) is 3.03. The molecule has 0 amide bonds. The number of rotatable bonds is 5. The van der Waals surface area contributed by atoms with Gasteiger partial charge in [-0.2, -0.15) is 0 Å². The molecule has 3 heterocycles. The van der Waals surface area contributed by atoms with Crippen LogP contribution in [0.3, 0.4) is 0 Å². The van der Waals surface area contributed by atoms with Gasteiger partial charge in [0.1, 0.15) is 0 Å². The van der Waals surface area contributed by atoms with Crippen molar-refractivity contribution in [2.24, 2.45) is 0 Å². The summed E-state index contributed by atoms with van der Waals surface area (Å²) in [6, 6.07) is 9.50. The minimum Gasteiger partial charge on any atom is -0.481 e. The quantitative estimate of drug-likeness (QED) is 0.767. The van der Waals surface area contributed by atoms with E-state index in [1.54, 1.807) is 37.7 Å². The summed E-state index contributed by atoms with van der Waals surface area (Å²) in [5.41, 5.74) is 1.64. The first-order valence-electron chi connectivity index (χ1n) is 6.33. The van der Waals surface area contributed by atoms with E-state index >= 15 is 0 Å². The summed E-state index contributed by atoms with van der Waals surface area (Å²) in [5, 5.41) is 11.0. The molecule has 0 unspecified atom stereocenters. The minimum absolute atomic E-state index is 0.339. The molecule has 3 rings (SSSR count). The van der Waals surface area contributed by atoms with E-state index in [1.807, 2.05) is 12.1 Å². The summed E-state index contributed by atoms with van der Waals surface area (Å²) in [6.07, 6.45) is 3.35. The number of nitrogens with zero attached hydrogens (tertiary/aromatic N) is 4. The molecule has 0 aromatic carbocycles. The molecule has 1 N–H and O–H groups in total. The molecule has 0 radical (unpaired) electrons. The third-order valence-corrected chi connectivity index (χ3v) is 2.76. The third kappa shape index (κ3) is 3.14. The predicted octanol–water partition coefficient (Wildman–Crippen LogP) is 2.15. The number of pyridine rings is 2. The Labute approximate surface area is 121 Å². The Balaban J connectivity index is 1.67. The smallest absolute Gasteiger partial charge is 0.316 e. The van der Waals surface area contributed by atoms with Gasteiger partial charge in [0.2, 0.25) is 11.8 Å². The Kier molecular flexibility index (Phi) is 3.72. The number of nitrogens with one attached hydrogen (secondary N) is 1. The summed E-state index contributed by atoms with van der Waals surface area (Å²) in [5.74, 6) is 1.01. The zero-order chi connectivity index (χ0) is 14.5. The molecule has 0 spiro atoms. The van der Waals surface area contributed by atoms with Crippen molar-refractivity contribution in [3.8, 4) is 17.3 Å². The second-order valence-electron chi connectivity index (χ2n) is 4.17. The van der Waals surface area contributed by atoms with E-state index in [2.05, 4.69) is 25.5 Å². The fourth-order valence-corrected chi connectivity index (χ4v) is 1.74. The van der Waals surface area contributed by atoms with E-state index in [1.165, 1.54) is 0 Å². The van der Waals surface area contributed by atoms with Crippen LogP contribution in [0.5, 0.6) is 5.88 Å². The molecule has 0 atom stereocenters. The van der Waals surface area contributed by atoms with Gasteiger partial charge in [0.25, 0.3) is 0 Å². The van der Waals surface area contributed by atoms with Crippen LogP contribution in [0.25, 0.3) is 11.5 Å². The van der Waals surface area contributed by atoms with Crippen molar-refractivity contribution in [1.82, 2.24) is 20.2 Å². The first kappa shape index (κ1) is 13.0. The molecule has 3 aromatic heterocycles. The molecule has 0 fully saturated rings. The molecular weight excluding hydrogens is 270 g/mol. The zero-order valence-electron chi connectivity index (χ0n) is 11.4. The maximum absolute atomic E-state index is 5.53. The monoisotopic (exact) mass is 283 g/mol. The van der Waals surface area contributed by atoms with Gasteiger partial charge in [-0.05, 0) is 18.2 Å². The van der Waals surface area contributed by atoms with Gasteiger partial charge in [-0.3, -0.25) is 4.98 Å². The summed E-state index contributed by atoms with van der Waals surface area (Å²) in [4.78, 5) is 8.23. The van der Waals surface area contributed by atoms with Gasteiger partial charge in [0.15, 0.2) is 0 Å². The molecule has 0 saturated carbocycles. The highest BCUT2D eigenvalue weighted by molar-refractivity contribution is 5.51. The second kappa shape index (κ2) is 6.00. The lowest BCUT2D eigenvalue weighted by Crippen LogP contribution is -2.02. The SMILES string of the molecule is COc1cccc(CNc2nnc(-c3ccncc3)o2)n1. The van der Waals surface area contributed by atoms with Crippen molar-refractivity contribution in [3.63, 3.8) is 0 Å². The van der Waals surface area contributed by atoms with Crippen LogP contribution in [-0.4, -0.2) is 27.3 Å². The molecular formula is C14H13N5O2. The molecule has 21 heavy (non-hydrogen) atoms. The molecule has 0 bridgehead atoms. The molecule has 0 aliphatic heterocycles. The lowest BCUT2D eigenvalue weighted by Gasteiger charge is -2.03. The van der Waals surface area contributed by atoms with Crippen molar-refractivity contribution in [1.29, 1.82) is 0 Å². The van der Waals surface area contributed by atoms with Crippen LogP contribution in [0.2, 0.25) is 0 Å². The Morgan fingerprint density at radius 1 is 1.14 bits per heavy atom. The van der Waals surface area contributed by atoms with Crippen LogP contribution >= 0.6 is 0 Å². The molecule has 7 nitrogen and oxygen atoms in total. The molecule has 7 heteroatoms. The highest BCUT2D eigenvalue weighted by Crippen LogP contribution is 2.18. The van der Waals surface area contributed by atoms with E-state index in [-0.39, 0.29) is 0 Å². The van der Waals surface area contributed by atoms with Crippen LogP contribution in [0.4, 0.5) is 6.01 Å². The summed E-state index contributed by atoms with van der Waals surface area (Å²) < 4.78 is 10.6. The molecule has 0 saturated heterocycles. The van der Waals surface area contributed by atoms with Crippen molar-refractivity contribution in [2.75, 3.05) is 12.4 Å². The molecule has 0 aliphatic carbocycles. The first-order valence-corrected chi connectivity index (χ1v) is 6.33. The fourth-order valence-electron chi connectivity index (χ4n) is 1.74. The lowest BCUT2D eigenvalue weighted by molar-refractivity contribution is 0.396. The van der Waals surface area contributed by atoms with E-state index in [9.17, 15) is 0 Å². The highest BCUT2D eigenvalue weighted by Gasteiger charge is 2.08. The third-order valence-electron chi connectivity index (χ3n) is 2.76. The van der Waals surface area contributed by atoms with Crippen LogP contribution in [0.15, 0.2) is 47.1 Å². The Morgan fingerprint density at radius 3 is 2.81 bits per heavy atom. The molecule has 106 valence electrons. The van der Waals surface area contributed by atoms with Gasteiger partial charge in [-0.1, -0.05) is 11.2 Å². The van der Waals surface area contributed by atoms with Crippen LogP contribution < -0.4 is 10.1 Å². The van der Waals surface area contributed by atoms with Crippen molar-refractivity contribution in [2.45, 2.75) is 6.54 Å². The summed E-state index contributed by atoms with van der Waals surface area (Å²) in [7, 11) is 1.58. The number of hydrogen-bond donors (Lipinski definition) is 1. The first-order chi connectivity index (χ1) is 10.3. The van der Waals surface area contributed by atoms with Crippen LogP contribution in [0.1, 0.15) is 5.69 Å². The normalized spacial score (nSPS) is 10.3. The van der Waals surface area contributed by atoms with Crippen LogP contribution in [0, 0.1) is 0 Å². The van der Waals surface area contributed by atoms with Crippen molar-refractivity contribution in [3.05, 3.63) is 48.4 Å². The summed E-state index contributed by atoms with van der Waals surface area (Å²) in [6.45, 7) is 0.467. The van der Waals surface area contributed by atoms with E-state index in [0.717, 1.165) is 11.3 Å². The topological polar surface area (TPSA) is 86.0 Å². The largest absolute Gasteiger partial charge is 0.481 e. The average molecular weight is 283 g/mol. The van der Waals surface area contributed by atoms with E-state index in [0.29, 0.717) is 24.3 Å². The Hall–Kier alpha value is -2.96. The van der Waals surface area contributed by atoms with Gasteiger partial charge < -0.3 is 14.5 Å². The number of hydrogen-bond acceptors (Lipinski definition) is 7. The highest BCUT2D eigenvalue weighted by atomic mass is 16.5. The molecule has 3 aromatic rings. The van der Waals surface area contributed by atoms with Gasteiger partial charge in [0.05, 0.1) is 19.3 Å². The van der Waals surface area contributed by atoms with Crippen molar-refractivity contribution < 1.29 is 9.15 Å². The predicted molar refractivity (Wildman–Crippen MR) is 75.6 cm³/mol. The van der Waals surface area contributed by atoms with Crippen LogP contribution in [-0.2, 0) is 6.54 Å². The maximum Gasteiger partial charge on any atom is 0.316 e. The minimum atomic E-state index is 0.339. The van der Waals surface area contributed by atoms with Gasteiger partial charge >= 0.3 is 6.01 Å². The second-order valence-corrected chi connectivity index (χ2v) is 4.17. The number of methoxy groups -OCH3 is 1. The van der Waals surface area contributed by atoms with Gasteiger partial charge in [0, 0.05) is 24.0 Å². The molecule has 0 aliphatic rings. The summed E-state index contributed by atoms with van der Waals surface area (Å²) >= 11 is 0. The zero-order valence-corrected chi connectivity index (χ0v) is 11.4. The van der Waals surface area contributed by atoms with Gasteiger partial charge in [-0.25, -0.2) is 4.98 Å². The Morgan fingerprint density at radius 2 is 2.00 bits per heavy atom. The lowest BCUT2D eigenvalue weighted by atomic mass is 10.3. The van der Waals surface area contributed by atoms with E-state index in [4.69, 9.17) is 9.15 Å². The standard InChI is InChI=1S/C14H13N5O2/c1-20-12-4-2-3-11(17-12)9-16-14-19-18-13(21-14)10-5-7-15-8-6-10/h2-8H,9H2,1H3,(H,16,19). The fraction of sp³-hybridized carbons (Fsp3) is 0.143. The number of anilines is 1. The Bertz CT molecular complexity index is 714.